The van der Waals surface area contributed by atoms with Crippen molar-refractivity contribution in [3.8, 4) is 5.88 Å². The summed E-state index contributed by atoms with van der Waals surface area (Å²) < 4.78 is 32.8. The molecule has 9 nitrogen and oxygen atoms in total. The van der Waals surface area contributed by atoms with Crippen LogP contribution in [0.4, 0.5) is 0 Å². The third-order valence-corrected chi connectivity index (χ3v) is 11.3. The van der Waals surface area contributed by atoms with E-state index in [0.29, 0.717) is 30.4 Å². The Hall–Kier alpha value is -2.24. The van der Waals surface area contributed by atoms with Gasteiger partial charge in [0.15, 0.2) is 0 Å². The zero-order chi connectivity index (χ0) is 29.0. The second-order valence-corrected chi connectivity index (χ2v) is 14.2. The number of piperazine rings is 1. The molecule has 3 unspecified atom stereocenters. The number of nitrogens with two attached hydrogens (primary N) is 1. The molecule has 3 heterocycles. The Morgan fingerprint density at radius 1 is 1.12 bits per heavy atom. The van der Waals surface area contributed by atoms with Crippen molar-refractivity contribution in [1.29, 1.82) is 0 Å². The van der Waals surface area contributed by atoms with E-state index in [2.05, 4.69) is 15.6 Å². The van der Waals surface area contributed by atoms with Crippen LogP contribution in [0.25, 0.3) is 0 Å². The molecule has 224 valence electrons. The summed E-state index contributed by atoms with van der Waals surface area (Å²) in [5, 5.41) is 7.47. The monoisotopic (exact) mass is 603 g/mol. The zero-order valence-corrected chi connectivity index (χ0v) is 25.2. The molecule has 4 N–H and O–H groups in total. The highest BCUT2D eigenvalue weighted by molar-refractivity contribution is 7.89. The molecule has 2 bridgehead atoms. The van der Waals surface area contributed by atoms with Crippen molar-refractivity contribution in [3.05, 3.63) is 58.7 Å². The maximum Gasteiger partial charge on any atom is 0.238 e. The number of methoxy groups -OCH3 is 1. The van der Waals surface area contributed by atoms with Crippen molar-refractivity contribution < 1.29 is 17.9 Å². The molecule has 1 amide bonds. The van der Waals surface area contributed by atoms with Gasteiger partial charge in [-0.3, -0.25) is 4.79 Å². The minimum Gasteiger partial charge on any atom is -0.481 e. The molecule has 7 atom stereocenters. The van der Waals surface area contributed by atoms with Crippen LogP contribution in [0.2, 0.25) is 5.02 Å². The van der Waals surface area contributed by atoms with Gasteiger partial charge in [0.25, 0.3) is 0 Å². The molecule has 5 rings (SSSR count). The van der Waals surface area contributed by atoms with E-state index in [0.717, 1.165) is 56.1 Å². The topological polar surface area (TPSA) is 127 Å². The molecule has 1 saturated carbocycles. The van der Waals surface area contributed by atoms with E-state index in [1.165, 1.54) is 0 Å². The normalized spacial score (nSPS) is 29.1. The Bertz CT molecular complexity index is 1280. The fourth-order valence-electron chi connectivity index (χ4n) is 6.80. The molecule has 2 saturated heterocycles. The lowest BCUT2D eigenvalue weighted by Crippen LogP contribution is -2.57. The molecule has 1 aromatic carbocycles. The van der Waals surface area contributed by atoms with Gasteiger partial charge in [0.2, 0.25) is 21.8 Å². The smallest absolute Gasteiger partial charge is 0.238 e. The molecule has 2 aromatic rings. The lowest BCUT2D eigenvalue weighted by atomic mass is 9.80. The predicted molar refractivity (Wildman–Crippen MR) is 160 cm³/mol. The van der Waals surface area contributed by atoms with Gasteiger partial charge in [-0.25, -0.2) is 13.4 Å². The lowest BCUT2D eigenvalue weighted by Gasteiger charge is -2.39. The van der Waals surface area contributed by atoms with Crippen LogP contribution < -0.4 is 21.1 Å². The summed E-state index contributed by atoms with van der Waals surface area (Å²) in [6.45, 7) is 1.26. The lowest BCUT2D eigenvalue weighted by molar-refractivity contribution is -0.124. The Kier molecular flexibility index (Phi) is 9.86. The predicted octanol–water partition coefficient (Wildman–Crippen LogP) is 3.42. The quantitative estimate of drug-likeness (QED) is 0.401. The second kappa shape index (κ2) is 13.4. The van der Waals surface area contributed by atoms with Gasteiger partial charge in [-0.2, -0.15) is 4.31 Å². The Morgan fingerprint density at radius 2 is 1.88 bits per heavy atom. The number of sulfonamides is 1. The summed E-state index contributed by atoms with van der Waals surface area (Å²) >= 11 is 6.15. The molecule has 3 fully saturated rings. The van der Waals surface area contributed by atoms with Crippen LogP contribution in [0.15, 0.2) is 42.6 Å². The molecule has 41 heavy (non-hydrogen) atoms. The third kappa shape index (κ3) is 7.22. The van der Waals surface area contributed by atoms with Crippen molar-refractivity contribution in [2.45, 2.75) is 81.5 Å². The van der Waals surface area contributed by atoms with Crippen molar-refractivity contribution in [2.75, 3.05) is 26.0 Å². The number of amides is 1. The summed E-state index contributed by atoms with van der Waals surface area (Å²) in [6.07, 6.45) is 9.04. The molecule has 2 aliphatic heterocycles. The van der Waals surface area contributed by atoms with E-state index in [-0.39, 0.29) is 35.7 Å². The van der Waals surface area contributed by atoms with E-state index < -0.39 is 22.0 Å². The number of aromatic nitrogens is 1. The van der Waals surface area contributed by atoms with Gasteiger partial charge in [-0.05, 0) is 67.7 Å². The van der Waals surface area contributed by atoms with Crippen molar-refractivity contribution >= 4 is 27.5 Å². The van der Waals surface area contributed by atoms with E-state index in [9.17, 15) is 13.2 Å². The van der Waals surface area contributed by atoms with Crippen molar-refractivity contribution in [2.24, 2.45) is 11.7 Å². The number of carbonyl (C=O) groups excluding carboxylic acids is 1. The maximum absolute atomic E-state index is 13.7. The number of rotatable bonds is 9. The Labute approximate surface area is 248 Å². The van der Waals surface area contributed by atoms with E-state index >= 15 is 0 Å². The van der Waals surface area contributed by atoms with Crippen LogP contribution in [0, 0.1) is 5.92 Å². The number of hydrogen-bond acceptors (Lipinski definition) is 7. The molecular formula is C30H42ClN5O4S. The van der Waals surface area contributed by atoms with Crippen molar-refractivity contribution in [3.63, 3.8) is 0 Å². The first-order valence-electron chi connectivity index (χ1n) is 14.8. The molecule has 1 aromatic heterocycles. The van der Waals surface area contributed by atoms with Crippen molar-refractivity contribution in [1.82, 2.24) is 19.9 Å². The fraction of sp³-hybridized carbons (Fsp3) is 0.600. The highest BCUT2D eigenvalue weighted by atomic mass is 35.5. The number of carbonyl (C=O) groups is 1. The number of ether oxygens (including phenoxy) is 1. The molecule has 0 spiro atoms. The zero-order valence-electron chi connectivity index (χ0n) is 23.7. The van der Waals surface area contributed by atoms with Gasteiger partial charge in [0.1, 0.15) is 0 Å². The molecule has 11 heteroatoms. The highest BCUT2D eigenvalue weighted by Crippen LogP contribution is 2.33. The van der Waals surface area contributed by atoms with Gasteiger partial charge < -0.3 is 21.1 Å². The van der Waals surface area contributed by atoms with Gasteiger partial charge >= 0.3 is 0 Å². The van der Waals surface area contributed by atoms with E-state index in [4.69, 9.17) is 22.1 Å². The minimum atomic E-state index is -3.22. The van der Waals surface area contributed by atoms with Crippen LogP contribution in [0.5, 0.6) is 5.88 Å². The molecule has 1 aliphatic carbocycles. The first kappa shape index (κ1) is 30.2. The summed E-state index contributed by atoms with van der Waals surface area (Å²) in [6, 6.07) is 10.4. The summed E-state index contributed by atoms with van der Waals surface area (Å²) in [7, 11) is -1.66. The second-order valence-electron chi connectivity index (χ2n) is 11.7. The summed E-state index contributed by atoms with van der Waals surface area (Å²) in [5.41, 5.74) is 8.40. The van der Waals surface area contributed by atoms with Crippen LogP contribution in [0.3, 0.4) is 0 Å². The first-order chi connectivity index (χ1) is 19.7. The van der Waals surface area contributed by atoms with Crippen LogP contribution >= 0.6 is 11.6 Å². The molecule has 3 aliphatic rings. The molecular weight excluding hydrogens is 562 g/mol. The number of fused-ring (bicyclic) bond motifs is 2. The van der Waals surface area contributed by atoms with Gasteiger partial charge in [0, 0.05) is 54.4 Å². The average molecular weight is 604 g/mol. The third-order valence-electron chi connectivity index (χ3n) is 9.09. The Balaban J connectivity index is 1.27. The fourth-order valence-corrected chi connectivity index (χ4v) is 8.73. The number of nitrogens with one attached hydrogen (secondary N) is 2. The number of nitrogens with zero attached hydrogens (tertiary/aromatic N) is 2. The van der Waals surface area contributed by atoms with Crippen LogP contribution in [-0.2, 0) is 14.8 Å². The first-order valence-corrected chi connectivity index (χ1v) is 16.8. The van der Waals surface area contributed by atoms with Crippen LogP contribution in [-0.4, -0.2) is 73.7 Å². The number of halogens is 1. The SMILES string of the molecule is COc1ccc(C(c2ccc(Cl)cc2)C(N)C(=O)N[C@H]2CCCC[C@@H]2CC[C@H]2CN[C@@H]3CCCS(=O)(=O)N2C3)cn1. The van der Waals surface area contributed by atoms with Crippen LogP contribution in [0.1, 0.15) is 68.4 Å². The summed E-state index contributed by atoms with van der Waals surface area (Å²) in [5.74, 6) is 0.393. The molecule has 0 radical (unpaired) electrons. The maximum atomic E-state index is 13.7. The standard InChI is InChI=1S/C30H42ClN5O4S/c1-40-27-15-11-22(17-34-27)28(21-8-12-23(31)13-9-21)29(32)30(37)35-26-7-3-2-5-20(26)10-14-25-18-33-24-6-4-16-41(38,39)36(25)19-24/h8-9,11-13,15,17,20,24-26,28-29,33H,2-7,10,14,16,18-19,32H2,1H3,(H,35,37)/t20-,24-,25+,26+,28?,29?/m1/s1. The van der Waals surface area contributed by atoms with Gasteiger partial charge in [0.05, 0.1) is 18.9 Å². The van der Waals surface area contributed by atoms with E-state index in [1.807, 2.05) is 18.2 Å². The number of pyridine rings is 1. The van der Waals surface area contributed by atoms with Gasteiger partial charge in [-0.15, -0.1) is 0 Å². The van der Waals surface area contributed by atoms with E-state index in [1.54, 1.807) is 35.8 Å². The largest absolute Gasteiger partial charge is 0.481 e. The Morgan fingerprint density at radius 3 is 2.61 bits per heavy atom. The van der Waals surface area contributed by atoms with Gasteiger partial charge in [-0.1, -0.05) is 42.6 Å². The highest BCUT2D eigenvalue weighted by Gasteiger charge is 2.39. The number of benzene rings is 1. The minimum absolute atomic E-state index is 0.00667. The number of hydrogen-bond donors (Lipinski definition) is 3. The average Bonchev–Trinajstić information content (AvgIpc) is 3.09. The summed E-state index contributed by atoms with van der Waals surface area (Å²) in [4.78, 5) is 18.1.